The highest BCUT2D eigenvalue weighted by Crippen LogP contribution is 2.51. The predicted molar refractivity (Wildman–Crippen MR) is 61.5 cm³/mol. The first-order valence-electron chi connectivity index (χ1n) is 5.12. The summed E-state index contributed by atoms with van der Waals surface area (Å²) in [5.74, 6) is 1.33. The van der Waals surface area contributed by atoms with Gasteiger partial charge in [-0.25, -0.2) is 4.98 Å². The molecule has 3 heterocycles. The molecular formula is C10H12BrN3O. The van der Waals surface area contributed by atoms with Gasteiger partial charge in [0.1, 0.15) is 0 Å². The molecule has 0 radical (unpaired) electrons. The maximum atomic E-state index is 11.7. The number of aromatic amines is 1. The van der Waals surface area contributed by atoms with Gasteiger partial charge < -0.3 is 9.88 Å². The molecule has 15 heavy (non-hydrogen) atoms. The Bertz CT molecular complexity index is 438. The molecule has 4 rings (SSSR count). The van der Waals surface area contributed by atoms with Crippen LogP contribution in [-0.4, -0.2) is 27.4 Å². The Labute approximate surface area is 95.8 Å². The average molecular weight is 270 g/mol. The lowest BCUT2D eigenvalue weighted by molar-refractivity contribution is 0.274. The van der Waals surface area contributed by atoms with Gasteiger partial charge in [-0.3, -0.25) is 4.79 Å². The third kappa shape index (κ3) is 1.19. The molecule has 80 valence electrons. The number of nitrogens with zero attached hydrogens (tertiary/aromatic N) is 2. The summed E-state index contributed by atoms with van der Waals surface area (Å²) in [6, 6.07) is 0. The Morgan fingerprint density at radius 2 is 2.47 bits per heavy atom. The molecule has 1 aromatic rings. The molecule has 2 saturated heterocycles. The quantitative estimate of drug-likeness (QED) is 0.820. The minimum Gasteiger partial charge on any atom is -0.345 e. The van der Waals surface area contributed by atoms with Gasteiger partial charge in [-0.1, -0.05) is 15.9 Å². The molecule has 4 nitrogen and oxygen atoms in total. The SMILES string of the molecule is O=c1[nH]ccnc1N1CC2CC1(CBr)C2. The van der Waals surface area contributed by atoms with E-state index in [1.807, 2.05) is 0 Å². The fourth-order valence-corrected chi connectivity index (χ4v) is 3.61. The second-order valence-electron chi connectivity index (χ2n) is 4.48. The number of nitrogens with one attached hydrogen (secondary N) is 1. The maximum absolute atomic E-state index is 11.7. The van der Waals surface area contributed by atoms with Crippen LogP contribution in [0.3, 0.4) is 0 Å². The zero-order valence-corrected chi connectivity index (χ0v) is 9.83. The molecule has 0 aromatic carbocycles. The molecule has 1 aliphatic carbocycles. The molecular weight excluding hydrogens is 258 g/mol. The van der Waals surface area contributed by atoms with Crippen molar-refractivity contribution < 1.29 is 0 Å². The van der Waals surface area contributed by atoms with Gasteiger partial charge in [0.15, 0.2) is 5.82 Å². The summed E-state index contributed by atoms with van der Waals surface area (Å²) in [5.41, 5.74) is 0.0804. The standard InChI is InChI=1S/C10H12BrN3O/c11-6-10-3-7(4-10)5-14(10)8-9(15)13-2-1-12-8/h1-2,7H,3-6H2,(H,13,15). The summed E-state index contributed by atoms with van der Waals surface area (Å²) >= 11 is 3.55. The third-order valence-electron chi connectivity index (χ3n) is 3.54. The van der Waals surface area contributed by atoms with E-state index in [1.54, 1.807) is 12.4 Å². The number of alkyl halides is 1. The molecule has 1 aromatic heterocycles. The minimum absolute atomic E-state index is 0.0784. The minimum atomic E-state index is -0.0784. The van der Waals surface area contributed by atoms with Gasteiger partial charge in [0.2, 0.25) is 0 Å². The summed E-state index contributed by atoms with van der Waals surface area (Å²) in [6.45, 7) is 0.978. The van der Waals surface area contributed by atoms with Crippen molar-refractivity contribution in [3.63, 3.8) is 0 Å². The van der Waals surface area contributed by atoms with E-state index in [-0.39, 0.29) is 11.1 Å². The second-order valence-corrected chi connectivity index (χ2v) is 5.05. The zero-order valence-electron chi connectivity index (χ0n) is 8.24. The first-order chi connectivity index (χ1) is 7.25. The highest BCUT2D eigenvalue weighted by Gasteiger charge is 2.56. The van der Waals surface area contributed by atoms with Crippen LogP contribution in [-0.2, 0) is 0 Å². The van der Waals surface area contributed by atoms with Gasteiger partial charge >= 0.3 is 0 Å². The van der Waals surface area contributed by atoms with Gasteiger partial charge in [0.05, 0.1) is 5.54 Å². The molecule has 0 amide bonds. The Morgan fingerprint density at radius 3 is 3.13 bits per heavy atom. The van der Waals surface area contributed by atoms with Crippen LogP contribution < -0.4 is 10.5 Å². The predicted octanol–water partition coefficient (Wildman–Crippen LogP) is 1.13. The van der Waals surface area contributed by atoms with Crippen LogP contribution in [0.25, 0.3) is 0 Å². The molecule has 5 heteroatoms. The van der Waals surface area contributed by atoms with Crippen molar-refractivity contribution >= 4 is 21.7 Å². The number of anilines is 1. The number of halogens is 1. The summed E-state index contributed by atoms with van der Waals surface area (Å²) < 4.78 is 0. The van der Waals surface area contributed by atoms with Crippen LogP contribution in [0.1, 0.15) is 12.8 Å². The van der Waals surface area contributed by atoms with E-state index in [1.165, 1.54) is 12.8 Å². The van der Waals surface area contributed by atoms with E-state index in [9.17, 15) is 4.79 Å². The lowest BCUT2D eigenvalue weighted by Gasteiger charge is -2.40. The van der Waals surface area contributed by atoms with Crippen molar-refractivity contribution in [1.82, 2.24) is 9.97 Å². The van der Waals surface area contributed by atoms with E-state index >= 15 is 0 Å². The Balaban J connectivity index is 2.02. The maximum Gasteiger partial charge on any atom is 0.290 e. The molecule has 1 saturated carbocycles. The molecule has 0 atom stereocenters. The van der Waals surface area contributed by atoms with Crippen LogP contribution in [0.4, 0.5) is 5.82 Å². The van der Waals surface area contributed by atoms with E-state index in [0.29, 0.717) is 5.82 Å². The van der Waals surface area contributed by atoms with Gasteiger partial charge in [0, 0.05) is 24.3 Å². The molecule has 0 spiro atoms. The molecule has 3 fully saturated rings. The summed E-state index contributed by atoms with van der Waals surface area (Å²) in [6.07, 6.45) is 5.60. The molecule has 1 N–H and O–H groups in total. The number of aromatic nitrogens is 2. The van der Waals surface area contributed by atoms with Crippen molar-refractivity contribution in [2.45, 2.75) is 18.4 Å². The average Bonchev–Trinajstić information content (AvgIpc) is 2.72. The van der Waals surface area contributed by atoms with E-state index in [2.05, 4.69) is 30.8 Å². The van der Waals surface area contributed by atoms with E-state index in [4.69, 9.17) is 0 Å². The van der Waals surface area contributed by atoms with Crippen LogP contribution in [0.15, 0.2) is 17.2 Å². The number of hydrogen-bond donors (Lipinski definition) is 1. The Hall–Kier alpha value is -0.840. The highest BCUT2D eigenvalue weighted by molar-refractivity contribution is 9.09. The second kappa shape index (κ2) is 3.07. The number of H-pyrrole nitrogens is 1. The zero-order chi connectivity index (χ0) is 10.5. The highest BCUT2D eigenvalue weighted by atomic mass is 79.9. The summed E-state index contributed by atoms with van der Waals surface area (Å²) in [5, 5.41) is 0.923. The fraction of sp³-hybridized carbons (Fsp3) is 0.600. The largest absolute Gasteiger partial charge is 0.345 e. The smallest absolute Gasteiger partial charge is 0.290 e. The van der Waals surface area contributed by atoms with Crippen molar-refractivity contribution in [3.05, 3.63) is 22.7 Å². The van der Waals surface area contributed by atoms with Gasteiger partial charge in [-0.15, -0.1) is 0 Å². The number of fused-ring (bicyclic) bond motifs is 1. The van der Waals surface area contributed by atoms with Gasteiger partial charge in [-0.2, -0.15) is 0 Å². The lowest BCUT2D eigenvalue weighted by Crippen LogP contribution is -2.49. The number of rotatable bonds is 2. The Morgan fingerprint density at radius 1 is 1.67 bits per heavy atom. The summed E-state index contributed by atoms with van der Waals surface area (Å²) in [7, 11) is 0. The topological polar surface area (TPSA) is 49.0 Å². The molecule has 3 aliphatic rings. The molecule has 2 bridgehead atoms. The van der Waals surface area contributed by atoms with Crippen molar-refractivity contribution in [1.29, 1.82) is 0 Å². The monoisotopic (exact) mass is 269 g/mol. The first kappa shape index (κ1) is 9.39. The Kier molecular flexibility index (Phi) is 1.92. The van der Waals surface area contributed by atoms with Crippen molar-refractivity contribution in [2.24, 2.45) is 5.92 Å². The van der Waals surface area contributed by atoms with Crippen molar-refractivity contribution in [3.8, 4) is 0 Å². The van der Waals surface area contributed by atoms with Crippen LogP contribution in [0.2, 0.25) is 0 Å². The third-order valence-corrected chi connectivity index (χ3v) is 4.59. The molecule has 0 unspecified atom stereocenters. The first-order valence-corrected chi connectivity index (χ1v) is 6.25. The van der Waals surface area contributed by atoms with Crippen LogP contribution in [0, 0.1) is 5.92 Å². The van der Waals surface area contributed by atoms with Gasteiger partial charge in [-0.05, 0) is 18.8 Å². The lowest BCUT2D eigenvalue weighted by atomic mass is 9.75. The number of hydrogen-bond acceptors (Lipinski definition) is 3. The molecule has 2 aliphatic heterocycles. The van der Waals surface area contributed by atoms with Crippen LogP contribution in [0.5, 0.6) is 0 Å². The van der Waals surface area contributed by atoms with Gasteiger partial charge in [0.25, 0.3) is 5.56 Å². The van der Waals surface area contributed by atoms with Crippen LogP contribution >= 0.6 is 15.9 Å². The van der Waals surface area contributed by atoms with Crippen molar-refractivity contribution in [2.75, 3.05) is 16.8 Å². The van der Waals surface area contributed by atoms with E-state index < -0.39 is 0 Å². The normalized spacial score (nSPS) is 32.9. The fourth-order valence-electron chi connectivity index (χ4n) is 2.84. The van der Waals surface area contributed by atoms with E-state index in [0.717, 1.165) is 17.8 Å². The summed E-state index contributed by atoms with van der Waals surface area (Å²) in [4.78, 5) is 20.7.